The highest BCUT2D eigenvalue weighted by atomic mass is 32.2. The molecule has 0 aromatic heterocycles. The van der Waals surface area contributed by atoms with Crippen molar-refractivity contribution in [1.82, 2.24) is 4.31 Å². The average molecular weight is 268 g/mol. The van der Waals surface area contributed by atoms with Gasteiger partial charge in [0.05, 0.1) is 5.25 Å². The zero-order chi connectivity index (χ0) is 13.2. The van der Waals surface area contributed by atoms with E-state index < -0.39 is 15.3 Å². The summed E-state index contributed by atoms with van der Waals surface area (Å²) >= 11 is 0. The standard InChI is InChI=1S/C13H20N2O2S/c1-11(9-14)18(16,17)15(13-7-8-13)10-12-5-3-2-4-6-12/h2-6,11,13H,7-10,14H2,1H3. The molecule has 0 aliphatic heterocycles. The van der Waals surface area contributed by atoms with E-state index in [1.807, 2.05) is 30.3 Å². The van der Waals surface area contributed by atoms with Crippen LogP contribution in [0.25, 0.3) is 0 Å². The maximum absolute atomic E-state index is 12.4. The van der Waals surface area contributed by atoms with Crippen molar-refractivity contribution in [3.63, 3.8) is 0 Å². The summed E-state index contributed by atoms with van der Waals surface area (Å²) in [5.74, 6) is 0. The summed E-state index contributed by atoms with van der Waals surface area (Å²) in [6.45, 7) is 2.30. The number of hydrogen-bond acceptors (Lipinski definition) is 3. The Bertz CT molecular complexity index is 483. The molecule has 1 aromatic rings. The van der Waals surface area contributed by atoms with Crippen molar-refractivity contribution < 1.29 is 8.42 Å². The minimum absolute atomic E-state index is 0.167. The first-order valence-corrected chi connectivity index (χ1v) is 7.80. The lowest BCUT2D eigenvalue weighted by Gasteiger charge is -2.25. The Labute approximate surface area is 109 Å². The largest absolute Gasteiger partial charge is 0.329 e. The van der Waals surface area contributed by atoms with E-state index in [4.69, 9.17) is 5.73 Å². The summed E-state index contributed by atoms with van der Waals surface area (Å²) in [7, 11) is -3.28. The van der Waals surface area contributed by atoms with Crippen LogP contribution in [0.2, 0.25) is 0 Å². The number of hydrogen-bond donors (Lipinski definition) is 1. The molecule has 5 heteroatoms. The fraction of sp³-hybridized carbons (Fsp3) is 0.538. The summed E-state index contributed by atoms with van der Waals surface area (Å²) in [5.41, 5.74) is 6.53. The Morgan fingerprint density at radius 1 is 1.33 bits per heavy atom. The summed E-state index contributed by atoms with van der Waals surface area (Å²) in [6.07, 6.45) is 1.92. The van der Waals surface area contributed by atoms with Crippen LogP contribution >= 0.6 is 0 Å². The van der Waals surface area contributed by atoms with Crippen molar-refractivity contribution in [2.75, 3.05) is 6.54 Å². The molecule has 0 spiro atoms. The summed E-state index contributed by atoms with van der Waals surface area (Å²) in [5, 5.41) is -0.512. The monoisotopic (exact) mass is 268 g/mol. The van der Waals surface area contributed by atoms with E-state index in [9.17, 15) is 8.42 Å². The number of rotatable bonds is 6. The van der Waals surface area contributed by atoms with Crippen LogP contribution in [0.1, 0.15) is 25.3 Å². The molecular weight excluding hydrogens is 248 g/mol. The molecule has 0 amide bonds. The van der Waals surface area contributed by atoms with Crippen molar-refractivity contribution in [1.29, 1.82) is 0 Å². The maximum atomic E-state index is 12.4. The minimum atomic E-state index is -3.28. The normalized spacial score (nSPS) is 17.9. The lowest BCUT2D eigenvalue weighted by molar-refractivity contribution is 0.392. The first kappa shape index (κ1) is 13.5. The molecular formula is C13H20N2O2S. The van der Waals surface area contributed by atoms with Crippen LogP contribution in [0, 0.1) is 0 Å². The molecule has 1 saturated carbocycles. The molecule has 2 rings (SSSR count). The number of nitrogens with two attached hydrogens (primary N) is 1. The lowest BCUT2D eigenvalue weighted by atomic mass is 10.2. The van der Waals surface area contributed by atoms with Crippen molar-refractivity contribution >= 4 is 10.0 Å². The van der Waals surface area contributed by atoms with E-state index in [1.54, 1.807) is 11.2 Å². The van der Waals surface area contributed by atoms with Crippen LogP contribution in [0.3, 0.4) is 0 Å². The molecule has 1 aliphatic rings. The average Bonchev–Trinajstić information content (AvgIpc) is 3.20. The predicted molar refractivity (Wildman–Crippen MR) is 72.4 cm³/mol. The van der Waals surface area contributed by atoms with Gasteiger partial charge in [-0.15, -0.1) is 0 Å². The highest BCUT2D eigenvalue weighted by Gasteiger charge is 2.39. The quantitative estimate of drug-likeness (QED) is 0.846. The van der Waals surface area contributed by atoms with Crippen LogP contribution in [0.5, 0.6) is 0 Å². The van der Waals surface area contributed by atoms with Gasteiger partial charge in [0.25, 0.3) is 0 Å². The van der Waals surface area contributed by atoms with E-state index in [0.717, 1.165) is 18.4 Å². The summed E-state index contributed by atoms with van der Waals surface area (Å²) in [4.78, 5) is 0. The molecule has 0 heterocycles. The number of benzene rings is 1. The Morgan fingerprint density at radius 2 is 1.94 bits per heavy atom. The molecule has 100 valence electrons. The summed E-state index contributed by atoms with van der Waals surface area (Å²) < 4.78 is 26.4. The lowest BCUT2D eigenvalue weighted by Crippen LogP contribution is -2.41. The zero-order valence-electron chi connectivity index (χ0n) is 10.6. The van der Waals surface area contributed by atoms with Gasteiger partial charge in [-0.2, -0.15) is 4.31 Å². The molecule has 1 fully saturated rings. The van der Waals surface area contributed by atoms with Crippen LogP contribution < -0.4 is 5.73 Å². The molecule has 18 heavy (non-hydrogen) atoms. The van der Waals surface area contributed by atoms with Gasteiger partial charge in [0.15, 0.2) is 0 Å². The second-order valence-corrected chi connectivity index (χ2v) is 7.16. The molecule has 1 unspecified atom stereocenters. The topological polar surface area (TPSA) is 63.4 Å². The smallest absolute Gasteiger partial charge is 0.218 e. The van der Waals surface area contributed by atoms with Gasteiger partial charge in [-0.1, -0.05) is 30.3 Å². The molecule has 2 N–H and O–H groups in total. The first-order chi connectivity index (χ1) is 8.55. The van der Waals surface area contributed by atoms with Gasteiger partial charge in [0, 0.05) is 19.1 Å². The molecule has 0 bridgehead atoms. The molecule has 1 aromatic carbocycles. The third kappa shape index (κ3) is 2.91. The Kier molecular flexibility index (Phi) is 4.04. The van der Waals surface area contributed by atoms with Gasteiger partial charge in [-0.25, -0.2) is 8.42 Å². The van der Waals surface area contributed by atoms with Gasteiger partial charge in [0.2, 0.25) is 10.0 Å². The van der Waals surface area contributed by atoms with E-state index >= 15 is 0 Å². The Balaban J connectivity index is 2.19. The fourth-order valence-corrected chi connectivity index (χ4v) is 3.57. The Hall–Kier alpha value is -0.910. The van der Waals surface area contributed by atoms with Crippen molar-refractivity contribution in [2.45, 2.75) is 37.6 Å². The molecule has 1 aliphatic carbocycles. The van der Waals surface area contributed by atoms with E-state index in [0.29, 0.717) is 6.54 Å². The van der Waals surface area contributed by atoms with Crippen LogP contribution in [-0.4, -0.2) is 30.6 Å². The molecule has 0 radical (unpaired) electrons. The van der Waals surface area contributed by atoms with Crippen LogP contribution in [0.4, 0.5) is 0 Å². The molecule has 1 atom stereocenters. The third-order valence-corrected chi connectivity index (χ3v) is 5.59. The van der Waals surface area contributed by atoms with Crippen molar-refractivity contribution in [3.05, 3.63) is 35.9 Å². The maximum Gasteiger partial charge on any atom is 0.218 e. The van der Waals surface area contributed by atoms with Gasteiger partial charge in [-0.05, 0) is 25.3 Å². The number of sulfonamides is 1. The number of nitrogens with zero attached hydrogens (tertiary/aromatic N) is 1. The SMILES string of the molecule is CC(CN)S(=O)(=O)N(Cc1ccccc1)C1CC1. The van der Waals surface area contributed by atoms with Crippen molar-refractivity contribution in [2.24, 2.45) is 5.73 Å². The Morgan fingerprint density at radius 3 is 2.44 bits per heavy atom. The molecule has 4 nitrogen and oxygen atoms in total. The van der Waals surface area contributed by atoms with Crippen LogP contribution in [-0.2, 0) is 16.6 Å². The summed E-state index contributed by atoms with van der Waals surface area (Å²) in [6, 6.07) is 9.88. The van der Waals surface area contributed by atoms with Gasteiger partial charge in [0.1, 0.15) is 0 Å². The second kappa shape index (κ2) is 5.38. The van der Waals surface area contributed by atoms with Gasteiger partial charge in [-0.3, -0.25) is 0 Å². The second-order valence-electron chi connectivity index (χ2n) is 4.85. The minimum Gasteiger partial charge on any atom is -0.329 e. The highest BCUT2D eigenvalue weighted by molar-refractivity contribution is 7.89. The van der Waals surface area contributed by atoms with Crippen LogP contribution in [0.15, 0.2) is 30.3 Å². The van der Waals surface area contributed by atoms with E-state index in [-0.39, 0.29) is 12.6 Å². The van der Waals surface area contributed by atoms with E-state index in [1.165, 1.54) is 0 Å². The highest BCUT2D eigenvalue weighted by Crippen LogP contribution is 2.32. The first-order valence-electron chi connectivity index (χ1n) is 6.30. The fourth-order valence-electron chi connectivity index (χ4n) is 1.91. The van der Waals surface area contributed by atoms with Crippen molar-refractivity contribution in [3.8, 4) is 0 Å². The predicted octanol–water partition coefficient (Wildman–Crippen LogP) is 1.33. The van der Waals surface area contributed by atoms with E-state index in [2.05, 4.69) is 0 Å². The van der Waals surface area contributed by atoms with Gasteiger partial charge >= 0.3 is 0 Å². The third-order valence-electron chi connectivity index (χ3n) is 3.30. The van der Waals surface area contributed by atoms with Gasteiger partial charge < -0.3 is 5.73 Å². The zero-order valence-corrected chi connectivity index (χ0v) is 11.4. The molecule has 0 saturated heterocycles.